The van der Waals surface area contributed by atoms with Crippen molar-refractivity contribution < 1.29 is 14.3 Å². The first kappa shape index (κ1) is 22.6. The third-order valence-electron chi connectivity index (χ3n) is 6.97. The number of anilines is 2. The van der Waals surface area contributed by atoms with Crippen LogP contribution in [0, 0.1) is 0 Å². The van der Waals surface area contributed by atoms with Crippen molar-refractivity contribution in [1.82, 2.24) is 19.8 Å². The van der Waals surface area contributed by atoms with Crippen LogP contribution in [0.2, 0.25) is 0 Å². The number of fused-ring (bicyclic) bond motifs is 2. The standard InChI is InChI=1S/C25H32N6O3/c1-16(2)31-15-20-22(24(31)33)27-25(30-11-9-29(10-12-30)17(3)32)28-23(20)26-14-21-19-7-5-4-6-18(19)8-13-34-21/h4-7,16,21H,8-15H2,1-3H3,(H,26,27,28). The Morgan fingerprint density at radius 2 is 1.94 bits per heavy atom. The number of nitrogens with one attached hydrogen (secondary N) is 1. The summed E-state index contributed by atoms with van der Waals surface area (Å²) in [6.07, 6.45) is 0.848. The lowest BCUT2D eigenvalue weighted by atomic mass is 9.97. The van der Waals surface area contributed by atoms with E-state index in [1.165, 1.54) is 11.1 Å². The smallest absolute Gasteiger partial charge is 0.273 e. The first-order valence-corrected chi connectivity index (χ1v) is 12.1. The molecule has 1 aromatic heterocycles. The van der Waals surface area contributed by atoms with Gasteiger partial charge >= 0.3 is 0 Å². The Labute approximate surface area is 200 Å². The summed E-state index contributed by atoms with van der Waals surface area (Å²) in [6.45, 7) is 9.89. The van der Waals surface area contributed by atoms with Gasteiger partial charge in [0.05, 0.1) is 19.3 Å². The molecule has 9 nitrogen and oxygen atoms in total. The fraction of sp³-hybridized carbons (Fsp3) is 0.520. The van der Waals surface area contributed by atoms with Gasteiger partial charge in [-0.05, 0) is 31.4 Å². The lowest BCUT2D eigenvalue weighted by molar-refractivity contribution is -0.129. The molecule has 2 amide bonds. The second-order valence-electron chi connectivity index (χ2n) is 9.41. The molecule has 2 aromatic rings. The molecule has 1 aromatic carbocycles. The van der Waals surface area contributed by atoms with Crippen LogP contribution in [0.25, 0.3) is 0 Å². The van der Waals surface area contributed by atoms with Gasteiger partial charge in [-0.3, -0.25) is 9.59 Å². The summed E-state index contributed by atoms with van der Waals surface area (Å²) in [7, 11) is 0. The highest BCUT2D eigenvalue weighted by Crippen LogP contribution is 2.32. The molecule has 1 N–H and O–H groups in total. The van der Waals surface area contributed by atoms with Gasteiger partial charge in [-0.25, -0.2) is 4.98 Å². The van der Waals surface area contributed by atoms with E-state index in [2.05, 4.69) is 28.4 Å². The summed E-state index contributed by atoms with van der Waals surface area (Å²) >= 11 is 0. The highest BCUT2D eigenvalue weighted by Gasteiger charge is 2.35. The Kier molecular flexibility index (Phi) is 6.12. The zero-order valence-corrected chi connectivity index (χ0v) is 20.1. The van der Waals surface area contributed by atoms with Crippen molar-refractivity contribution in [2.24, 2.45) is 0 Å². The van der Waals surface area contributed by atoms with E-state index in [9.17, 15) is 9.59 Å². The molecule has 4 heterocycles. The molecule has 0 radical (unpaired) electrons. The quantitative estimate of drug-likeness (QED) is 0.726. The molecule has 9 heteroatoms. The molecule has 1 unspecified atom stereocenters. The lowest BCUT2D eigenvalue weighted by Gasteiger charge is -2.34. The van der Waals surface area contributed by atoms with Crippen molar-refractivity contribution in [2.75, 3.05) is 49.5 Å². The maximum absolute atomic E-state index is 13.1. The SMILES string of the molecule is CC(=O)N1CCN(c2nc(NCC3OCCc4ccccc43)c3c(n2)C(=O)N(C(C)C)C3)CC1. The topological polar surface area (TPSA) is 90.9 Å². The molecule has 0 aliphatic carbocycles. The largest absolute Gasteiger partial charge is 0.371 e. The number of aromatic nitrogens is 2. The Bertz CT molecular complexity index is 1100. The Morgan fingerprint density at radius 3 is 2.68 bits per heavy atom. The van der Waals surface area contributed by atoms with Crippen molar-refractivity contribution in [1.29, 1.82) is 0 Å². The predicted molar refractivity (Wildman–Crippen MR) is 129 cm³/mol. The van der Waals surface area contributed by atoms with Crippen LogP contribution in [-0.4, -0.2) is 77.0 Å². The van der Waals surface area contributed by atoms with E-state index in [1.807, 2.05) is 29.7 Å². The van der Waals surface area contributed by atoms with Gasteiger partial charge < -0.3 is 24.8 Å². The number of carbonyl (C=O) groups excluding carboxylic acids is 2. The van der Waals surface area contributed by atoms with Crippen molar-refractivity contribution in [3.8, 4) is 0 Å². The third-order valence-corrected chi connectivity index (χ3v) is 6.97. The predicted octanol–water partition coefficient (Wildman–Crippen LogP) is 2.24. The van der Waals surface area contributed by atoms with Crippen LogP contribution in [0.4, 0.5) is 11.8 Å². The van der Waals surface area contributed by atoms with Crippen LogP contribution in [0.3, 0.4) is 0 Å². The normalized spacial score (nSPS) is 19.9. The Hall–Kier alpha value is -3.20. The van der Waals surface area contributed by atoms with Gasteiger partial charge in [-0.2, -0.15) is 4.98 Å². The highest BCUT2D eigenvalue weighted by molar-refractivity contribution is 5.98. The molecule has 5 rings (SSSR count). The minimum Gasteiger partial charge on any atom is -0.371 e. The molecule has 0 saturated carbocycles. The molecule has 0 bridgehead atoms. The van der Waals surface area contributed by atoms with Gasteiger partial charge in [-0.15, -0.1) is 0 Å². The number of rotatable bonds is 5. The number of ether oxygens (including phenoxy) is 1. The zero-order valence-electron chi connectivity index (χ0n) is 20.1. The first-order valence-electron chi connectivity index (χ1n) is 12.1. The van der Waals surface area contributed by atoms with E-state index < -0.39 is 0 Å². The second-order valence-corrected chi connectivity index (χ2v) is 9.41. The maximum atomic E-state index is 13.1. The van der Waals surface area contributed by atoms with Crippen molar-refractivity contribution >= 4 is 23.6 Å². The molecule has 1 fully saturated rings. The van der Waals surface area contributed by atoms with Crippen molar-refractivity contribution in [3.63, 3.8) is 0 Å². The second kappa shape index (κ2) is 9.21. The summed E-state index contributed by atoms with van der Waals surface area (Å²) in [6, 6.07) is 8.46. The number of benzene rings is 1. The lowest BCUT2D eigenvalue weighted by Crippen LogP contribution is -2.48. The number of carbonyl (C=O) groups is 2. The van der Waals surface area contributed by atoms with Crippen LogP contribution in [-0.2, 0) is 22.5 Å². The average Bonchev–Trinajstić information content (AvgIpc) is 3.19. The van der Waals surface area contributed by atoms with Crippen LogP contribution < -0.4 is 10.2 Å². The van der Waals surface area contributed by atoms with Gasteiger partial charge in [-0.1, -0.05) is 24.3 Å². The van der Waals surface area contributed by atoms with E-state index >= 15 is 0 Å². The number of hydrogen-bond acceptors (Lipinski definition) is 7. The summed E-state index contributed by atoms with van der Waals surface area (Å²) in [4.78, 5) is 40.2. The van der Waals surface area contributed by atoms with E-state index in [-0.39, 0.29) is 24.0 Å². The van der Waals surface area contributed by atoms with Crippen LogP contribution in [0.15, 0.2) is 24.3 Å². The number of piperazine rings is 1. The molecule has 3 aliphatic heterocycles. The highest BCUT2D eigenvalue weighted by atomic mass is 16.5. The minimum absolute atomic E-state index is 0.0571. The number of amides is 2. The van der Waals surface area contributed by atoms with E-state index in [0.29, 0.717) is 63.3 Å². The summed E-state index contributed by atoms with van der Waals surface area (Å²) in [5.41, 5.74) is 3.83. The van der Waals surface area contributed by atoms with Crippen molar-refractivity contribution in [2.45, 2.75) is 45.9 Å². The monoisotopic (exact) mass is 464 g/mol. The van der Waals surface area contributed by atoms with Gasteiger partial charge in [0.25, 0.3) is 5.91 Å². The Morgan fingerprint density at radius 1 is 1.18 bits per heavy atom. The molecule has 1 saturated heterocycles. The first-order chi connectivity index (χ1) is 16.4. The van der Waals surface area contributed by atoms with Gasteiger partial charge in [0.1, 0.15) is 11.5 Å². The van der Waals surface area contributed by atoms with E-state index in [4.69, 9.17) is 14.7 Å². The van der Waals surface area contributed by atoms with E-state index in [0.717, 1.165) is 12.0 Å². The molecule has 1 atom stereocenters. The van der Waals surface area contributed by atoms with Crippen molar-refractivity contribution in [3.05, 3.63) is 46.6 Å². The molecule has 0 spiro atoms. The molecule has 34 heavy (non-hydrogen) atoms. The Balaban J connectivity index is 1.42. The summed E-state index contributed by atoms with van der Waals surface area (Å²) in [5.74, 6) is 1.25. The molecular formula is C25H32N6O3. The van der Waals surface area contributed by atoms with Gasteiger partial charge in [0, 0.05) is 51.3 Å². The number of nitrogens with zero attached hydrogens (tertiary/aromatic N) is 5. The van der Waals surface area contributed by atoms with Gasteiger partial charge in [0.15, 0.2) is 0 Å². The third kappa shape index (κ3) is 4.20. The van der Waals surface area contributed by atoms with Crippen LogP contribution >= 0.6 is 0 Å². The summed E-state index contributed by atoms with van der Waals surface area (Å²) in [5, 5.41) is 3.50. The summed E-state index contributed by atoms with van der Waals surface area (Å²) < 4.78 is 6.08. The molecule has 3 aliphatic rings. The fourth-order valence-corrected chi connectivity index (χ4v) is 4.94. The maximum Gasteiger partial charge on any atom is 0.273 e. The number of hydrogen-bond donors (Lipinski definition) is 1. The van der Waals surface area contributed by atoms with Crippen LogP contribution in [0.5, 0.6) is 0 Å². The zero-order chi connectivity index (χ0) is 23.8. The van der Waals surface area contributed by atoms with Gasteiger partial charge in [0.2, 0.25) is 11.9 Å². The van der Waals surface area contributed by atoms with Crippen LogP contribution in [0.1, 0.15) is 54.1 Å². The van der Waals surface area contributed by atoms with E-state index in [1.54, 1.807) is 6.92 Å². The average molecular weight is 465 g/mol. The minimum atomic E-state index is -0.0727. The fourth-order valence-electron chi connectivity index (χ4n) is 4.94. The molecule has 180 valence electrons. The molecular weight excluding hydrogens is 432 g/mol.